The summed E-state index contributed by atoms with van der Waals surface area (Å²) in [7, 11) is 1.89. The largest absolute Gasteiger partial charge is 0.359 e. The average Bonchev–Trinajstić information content (AvgIpc) is 2.88. The van der Waals surface area contributed by atoms with Gasteiger partial charge in [-0.2, -0.15) is 5.10 Å². The van der Waals surface area contributed by atoms with Crippen LogP contribution in [0.15, 0.2) is 24.3 Å². The minimum absolute atomic E-state index is 0.0467. The molecule has 2 aromatic rings. The molecule has 26 heavy (non-hydrogen) atoms. The maximum atomic E-state index is 12.7. The molecule has 0 bridgehead atoms. The van der Waals surface area contributed by atoms with Crippen molar-refractivity contribution in [3.05, 3.63) is 40.7 Å². The molecule has 0 aliphatic carbocycles. The molecule has 0 spiro atoms. The zero-order chi connectivity index (χ0) is 18.8. The summed E-state index contributed by atoms with van der Waals surface area (Å²) in [6.45, 7) is 9.48. The highest BCUT2D eigenvalue weighted by Crippen LogP contribution is 2.25. The molecule has 2 N–H and O–H groups in total. The standard InChI is InChI=1S/C19H26ClN5O/c1-13-18(14(2)23(4)22-13)21-19(26)15(3)24-9-11-25(12-10-24)17-8-6-5-7-16(17)20/h5-8,15H,9-12H2,1-4H3,(H,21,26)/p+1/t15-/m0/s1. The summed E-state index contributed by atoms with van der Waals surface area (Å²) in [6, 6.07) is 7.82. The van der Waals surface area contributed by atoms with Crippen LogP contribution in [0, 0.1) is 13.8 Å². The normalized spacial score (nSPS) is 16.6. The molecular weight excluding hydrogens is 350 g/mol. The molecular formula is C19H27ClN5O+. The molecule has 1 amide bonds. The van der Waals surface area contributed by atoms with Crippen LogP contribution in [-0.2, 0) is 11.8 Å². The number of nitrogens with zero attached hydrogens (tertiary/aromatic N) is 3. The van der Waals surface area contributed by atoms with Crippen LogP contribution in [0.25, 0.3) is 0 Å². The lowest BCUT2D eigenvalue weighted by Crippen LogP contribution is -3.19. The lowest BCUT2D eigenvalue weighted by atomic mass is 10.2. The Morgan fingerprint density at radius 2 is 1.92 bits per heavy atom. The topological polar surface area (TPSA) is 54.6 Å². The van der Waals surface area contributed by atoms with Crippen molar-refractivity contribution >= 4 is 28.9 Å². The Kier molecular flexibility index (Phi) is 5.53. The van der Waals surface area contributed by atoms with E-state index in [0.717, 1.165) is 54.0 Å². The van der Waals surface area contributed by atoms with E-state index in [-0.39, 0.29) is 11.9 Å². The number of carbonyl (C=O) groups is 1. The van der Waals surface area contributed by atoms with Crippen LogP contribution in [0.5, 0.6) is 0 Å². The van der Waals surface area contributed by atoms with Gasteiger partial charge >= 0.3 is 0 Å². The van der Waals surface area contributed by atoms with E-state index in [9.17, 15) is 4.79 Å². The van der Waals surface area contributed by atoms with Crippen molar-refractivity contribution in [2.24, 2.45) is 7.05 Å². The van der Waals surface area contributed by atoms with Gasteiger partial charge in [-0.3, -0.25) is 9.48 Å². The second-order valence-electron chi connectivity index (χ2n) is 6.98. The Hall–Kier alpha value is -2.05. The molecule has 1 aliphatic heterocycles. The Morgan fingerprint density at radius 1 is 1.27 bits per heavy atom. The number of anilines is 2. The van der Waals surface area contributed by atoms with E-state index in [2.05, 4.69) is 21.4 Å². The quantitative estimate of drug-likeness (QED) is 0.848. The number of benzene rings is 1. The second-order valence-corrected chi connectivity index (χ2v) is 7.38. The molecule has 0 radical (unpaired) electrons. The van der Waals surface area contributed by atoms with E-state index < -0.39 is 0 Å². The minimum Gasteiger partial charge on any atom is -0.359 e. The van der Waals surface area contributed by atoms with Crippen molar-refractivity contribution in [1.29, 1.82) is 0 Å². The second kappa shape index (κ2) is 7.68. The first kappa shape index (κ1) is 18.7. The lowest BCUT2D eigenvalue weighted by Gasteiger charge is -2.36. The van der Waals surface area contributed by atoms with Gasteiger partial charge in [0.25, 0.3) is 5.91 Å². The highest BCUT2D eigenvalue weighted by molar-refractivity contribution is 6.33. The van der Waals surface area contributed by atoms with Gasteiger partial charge in [-0.15, -0.1) is 0 Å². The lowest BCUT2D eigenvalue weighted by molar-refractivity contribution is -0.914. The minimum atomic E-state index is -0.109. The molecule has 0 saturated carbocycles. The van der Waals surface area contributed by atoms with Crippen LogP contribution in [-0.4, -0.2) is 47.9 Å². The van der Waals surface area contributed by atoms with Gasteiger partial charge in [-0.1, -0.05) is 23.7 Å². The molecule has 0 unspecified atom stereocenters. The number of aryl methyl sites for hydroxylation is 2. The summed E-state index contributed by atoms with van der Waals surface area (Å²) in [5.74, 6) is 0.0467. The molecule has 1 aromatic heterocycles. The van der Waals surface area contributed by atoms with Crippen molar-refractivity contribution in [2.75, 3.05) is 36.4 Å². The fraction of sp³-hybridized carbons (Fsp3) is 0.474. The van der Waals surface area contributed by atoms with Gasteiger partial charge in [0.05, 0.1) is 54.0 Å². The first-order chi connectivity index (χ1) is 12.4. The Morgan fingerprint density at radius 3 is 2.50 bits per heavy atom. The Labute approximate surface area is 159 Å². The van der Waals surface area contributed by atoms with E-state index >= 15 is 0 Å². The number of nitrogens with one attached hydrogen (secondary N) is 2. The summed E-state index contributed by atoms with van der Waals surface area (Å²) < 4.78 is 1.80. The number of hydrogen-bond acceptors (Lipinski definition) is 3. The van der Waals surface area contributed by atoms with Crippen LogP contribution in [0.4, 0.5) is 11.4 Å². The fourth-order valence-electron chi connectivity index (χ4n) is 3.55. The molecule has 1 atom stereocenters. The van der Waals surface area contributed by atoms with Crippen molar-refractivity contribution in [2.45, 2.75) is 26.8 Å². The number of aromatic nitrogens is 2. The molecule has 140 valence electrons. The van der Waals surface area contributed by atoms with Crippen molar-refractivity contribution in [3.63, 3.8) is 0 Å². The average molecular weight is 377 g/mol. The summed E-state index contributed by atoms with van der Waals surface area (Å²) in [6.07, 6.45) is 0. The Bertz CT molecular complexity index is 795. The van der Waals surface area contributed by atoms with Crippen LogP contribution in [0.1, 0.15) is 18.3 Å². The number of carbonyl (C=O) groups excluding carboxylic acids is 1. The van der Waals surface area contributed by atoms with Gasteiger partial charge < -0.3 is 15.1 Å². The number of hydrogen-bond donors (Lipinski definition) is 2. The number of halogens is 1. The van der Waals surface area contributed by atoms with Crippen molar-refractivity contribution in [1.82, 2.24) is 9.78 Å². The maximum Gasteiger partial charge on any atom is 0.282 e. The molecule has 1 fully saturated rings. The molecule has 3 rings (SSSR count). The van der Waals surface area contributed by atoms with E-state index in [1.807, 2.05) is 46.0 Å². The Balaban J connectivity index is 1.60. The highest BCUT2D eigenvalue weighted by atomic mass is 35.5. The zero-order valence-electron chi connectivity index (χ0n) is 15.8. The van der Waals surface area contributed by atoms with Crippen molar-refractivity contribution in [3.8, 4) is 0 Å². The molecule has 1 aromatic carbocycles. The first-order valence-corrected chi connectivity index (χ1v) is 9.41. The van der Waals surface area contributed by atoms with E-state index in [1.165, 1.54) is 4.90 Å². The number of rotatable bonds is 4. The zero-order valence-corrected chi connectivity index (χ0v) is 16.6. The van der Waals surface area contributed by atoms with Gasteiger partial charge in [0, 0.05) is 7.05 Å². The third-order valence-corrected chi connectivity index (χ3v) is 5.68. The van der Waals surface area contributed by atoms with Gasteiger partial charge in [-0.25, -0.2) is 0 Å². The highest BCUT2D eigenvalue weighted by Gasteiger charge is 2.30. The van der Waals surface area contributed by atoms with E-state index in [0.29, 0.717) is 0 Å². The third kappa shape index (κ3) is 3.71. The maximum absolute atomic E-state index is 12.7. The predicted molar refractivity (Wildman–Crippen MR) is 105 cm³/mol. The van der Waals surface area contributed by atoms with Gasteiger partial charge in [0.15, 0.2) is 6.04 Å². The fourth-order valence-corrected chi connectivity index (χ4v) is 3.80. The summed E-state index contributed by atoms with van der Waals surface area (Å²) in [5.41, 5.74) is 3.73. The number of piperazine rings is 1. The summed E-state index contributed by atoms with van der Waals surface area (Å²) >= 11 is 6.31. The van der Waals surface area contributed by atoms with Gasteiger partial charge in [0.2, 0.25) is 0 Å². The van der Waals surface area contributed by atoms with Crippen LogP contribution >= 0.6 is 11.6 Å². The van der Waals surface area contributed by atoms with Gasteiger partial charge in [0.1, 0.15) is 0 Å². The van der Waals surface area contributed by atoms with Crippen LogP contribution in [0.3, 0.4) is 0 Å². The third-order valence-electron chi connectivity index (χ3n) is 5.36. The SMILES string of the molecule is Cc1nn(C)c(C)c1NC(=O)[C@H](C)[NH+]1CCN(c2ccccc2Cl)CC1. The van der Waals surface area contributed by atoms with Crippen LogP contribution < -0.4 is 15.1 Å². The molecule has 1 saturated heterocycles. The smallest absolute Gasteiger partial charge is 0.282 e. The summed E-state index contributed by atoms with van der Waals surface area (Å²) in [4.78, 5) is 16.3. The number of quaternary nitrogens is 1. The number of amides is 1. The first-order valence-electron chi connectivity index (χ1n) is 9.03. The monoisotopic (exact) mass is 376 g/mol. The van der Waals surface area contributed by atoms with Gasteiger partial charge in [-0.05, 0) is 32.9 Å². The number of para-hydroxylation sites is 1. The molecule has 6 nitrogen and oxygen atoms in total. The predicted octanol–water partition coefficient (Wildman–Crippen LogP) is 1.42. The molecule has 7 heteroatoms. The molecule has 2 heterocycles. The molecule has 1 aliphatic rings. The van der Waals surface area contributed by atoms with Crippen LogP contribution in [0.2, 0.25) is 5.02 Å². The summed E-state index contributed by atoms with van der Waals surface area (Å²) in [5, 5.41) is 8.22. The van der Waals surface area contributed by atoms with Crippen molar-refractivity contribution < 1.29 is 9.69 Å². The van der Waals surface area contributed by atoms with E-state index in [1.54, 1.807) is 4.68 Å². The van der Waals surface area contributed by atoms with E-state index in [4.69, 9.17) is 11.6 Å².